The van der Waals surface area contributed by atoms with Gasteiger partial charge in [-0.1, -0.05) is 24.3 Å². The lowest BCUT2D eigenvalue weighted by Crippen LogP contribution is -2.46. The highest BCUT2D eigenvalue weighted by Crippen LogP contribution is 2.34. The number of imide groups is 1. The van der Waals surface area contributed by atoms with Crippen molar-refractivity contribution in [3.8, 4) is 23.0 Å². The fourth-order valence-corrected chi connectivity index (χ4v) is 4.31. The van der Waals surface area contributed by atoms with Crippen LogP contribution in [0.15, 0.2) is 72.8 Å². The third-order valence-corrected chi connectivity index (χ3v) is 6.07. The molecule has 10 heteroatoms. The van der Waals surface area contributed by atoms with Crippen LogP contribution in [0.3, 0.4) is 0 Å². The zero-order valence-electron chi connectivity index (χ0n) is 20.5. The van der Waals surface area contributed by atoms with Gasteiger partial charge in [0.15, 0.2) is 18.1 Å². The molecule has 194 valence electrons. The molecule has 10 nitrogen and oxygen atoms in total. The summed E-state index contributed by atoms with van der Waals surface area (Å²) in [5.74, 6) is -0.00180. The molecule has 0 saturated carbocycles. The van der Waals surface area contributed by atoms with Gasteiger partial charge in [-0.25, -0.2) is 4.90 Å². The first kappa shape index (κ1) is 24.8. The fraction of sp³-hybridized carbons (Fsp3) is 0.214. The lowest BCUT2D eigenvalue weighted by Gasteiger charge is -2.28. The van der Waals surface area contributed by atoms with E-state index in [4.69, 9.17) is 18.9 Å². The van der Waals surface area contributed by atoms with Crippen LogP contribution in [0.25, 0.3) is 0 Å². The number of ether oxygens (including phenoxy) is 4. The van der Waals surface area contributed by atoms with Gasteiger partial charge in [-0.15, -0.1) is 0 Å². The predicted octanol–water partition coefficient (Wildman–Crippen LogP) is 3.08. The van der Waals surface area contributed by atoms with Crippen molar-refractivity contribution < 1.29 is 38.1 Å². The summed E-state index contributed by atoms with van der Waals surface area (Å²) in [5.41, 5.74) is 1.01. The third-order valence-electron chi connectivity index (χ3n) is 6.07. The van der Waals surface area contributed by atoms with Crippen LogP contribution in [-0.2, 0) is 25.7 Å². The van der Waals surface area contributed by atoms with Crippen LogP contribution in [-0.4, -0.2) is 48.0 Å². The highest BCUT2D eigenvalue weighted by molar-refractivity contribution is 6.23. The first-order chi connectivity index (χ1) is 18.4. The van der Waals surface area contributed by atoms with Crippen LogP contribution in [0.5, 0.6) is 23.0 Å². The molecule has 1 atom stereocenters. The van der Waals surface area contributed by atoms with Crippen LogP contribution in [0.1, 0.15) is 18.9 Å². The average Bonchev–Trinajstić information content (AvgIpc) is 3.50. The summed E-state index contributed by atoms with van der Waals surface area (Å²) in [4.78, 5) is 53.5. The third kappa shape index (κ3) is 5.29. The summed E-state index contributed by atoms with van der Waals surface area (Å²) < 4.78 is 21.5. The second kappa shape index (κ2) is 10.6. The number of anilines is 1. The van der Waals surface area contributed by atoms with Gasteiger partial charge in [-0.3, -0.25) is 19.2 Å². The Kier molecular flexibility index (Phi) is 6.94. The van der Waals surface area contributed by atoms with E-state index in [1.54, 1.807) is 42.5 Å². The molecule has 1 fully saturated rings. The van der Waals surface area contributed by atoms with E-state index in [1.807, 2.05) is 6.07 Å². The van der Waals surface area contributed by atoms with Crippen molar-refractivity contribution in [1.82, 2.24) is 4.90 Å². The van der Waals surface area contributed by atoms with Crippen molar-refractivity contribution in [2.75, 3.05) is 18.3 Å². The number of para-hydroxylation sites is 1. The maximum Gasteiger partial charge on any atom is 0.308 e. The number of carbonyl (C=O) groups excluding carboxylic acids is 4. The Bertz CT molecular complexity index is 1370. The molecule has 2 heterocycles. The smallest absolute Gasteiger partial charge is 0.308 e. The number of rotatable bonds is 8. The Hall–Kier alpha value is -4.86. The Morgan fingerprint density at radius 2 is 1.68 bits per heavy atom. The number of fused-ring (bicyclic) bond motifs is 1. The number of benzene rings is 3. The van der Waals surface area contributed by atoms with E-state index in [0.29, 0.717) is 28.5 Å². The fourth-order valence-electron chi connectivity index (χ4n) is 4.31. The van der Waals surface area contributed by atoms with E-state index in [2.05, 4.69) is 0 Å². The van der Waals surface area contributed by atoms with E-state index in [1.165, 1.54) is 36.1 Å². The number of hydrogen-bond donors (Lipinski definition) is 0. The van der Waals surface area contributed by atoms with Crippen LogP contribution >= 0.6 is 0 Å². The van der Waals surface area contributed by atoms with Gasteiger partial charge in [0.1, 0.15) is 17.5 Å². The maximum absolute atomic E-state index is 13.5. The van der Waals surface area contributed by atoms with Gasteiger partial charge in [-0.05, 0) is 54.1 Å². The summed E-state index contributed by atoms with van der Waals surface area (Å²) in [6, 6.07) is 19.1. The van der Waals surface area contributed by atoms with Crippen LogP contribution < -0.4 is 23.8 Å². The minimum Gasteiger partial charge on any atom is -0.484 e. The van der Waals surface area contributed by atoms with Gasteiger partial charge in [0.25, 0.3) is 11.8 Å². The first-order valence-corrected chi connectivity index (χ1v) is 11.9. The molecule has 2 aliphatic heterocycles. The molecule has 1 saturated heterocycles. The van der Waals surface area contributed by atoms with E-state index in [0.717, 1.165) is 4.90 Å². The molecular formula is C28H24N2O8. The van der Waals surface area contributed by atoms with Crippen molar-refractivity contribution >= 4 is 29.4 Å². The van der Waals surface area contributed by atoms with Crippen LogP contribution in [0, 0.1) is 0 Å². The monoisotopic (exact) mass is 516 g/mol. The number of amides is 3. The zero-order valence-corrected chi connectivity index (χ0v) is 20.5. The highest BCUT2D eigenvalue weighted by Gasteiger charge is 2.44. The van der Waals surface area contributed by atoms with E-state index in [-0.39, 0.29) is 32.1 Å². The number of esters is 1. The van der Waals surface area contributed by atoms with E-state index in [9.17, 15) is 19.2 Å². The summed E-state index contributed by atoms with van der Waals surface area (Å²) in [6.45, 7) is 1.12. The van der Waals surface area contributed by atoms with Gasteiger partial charge in [0.2, 0.25) is 12.7 Å². The normalized spacial score (nSPS) is 15.9. The molecule has 5 rings (SSSR count). The lowest BCUT2D eigenvalue weighted by molar-refractivity contribution is -0.140. The van der Waals surface area contributed by atoms with Gasteiger partial charge in [-0.2, -0.15) is 0 Å². The molecule has 3 amide bonds. The Morgan fingerprint density at radius 1 is 0.947 bits per heavy atom. The summed E-state index contributed by atoms with van der Waals surface area (Å²) in [7, 11) is 0. The average molecular weight is 517 g/mol. The lowest BCUT2D eigenvalue weighted by atomic mass is 10.1. The standard InChI is InChI=1S/C28H24N2O8/c1-18(31)38-22-10-8-20(9-11-22)30-26(32)14-23(28(30)34)29(27(33)16-35-21-5-3-2-4-6-21)15-19-7-12-24-25(13-19)37-17-36-24/h2-13,23H,14-17H2,1H3. The molecule has 3 aromatic rings. The molecule has 0 aromatic heterocycles. The second-order valence-corrected chi connectivity index (χ2v) is 8.69. The minimum atomic E-state index is -1.03. The zero-order chi connectivity index (χ0) is 26.6. The number of carbonyl (C=O) groups is 4. The topological polar surface area (TPSA) is 112 Å². The highest BCUT2D eigenvalue weighted by atomic mass is 16.7. The summed E-state index contributed by atoms with van der Waals surface area (Å²) in [5, 5.41) is 0. The van der Waals surface area contributed by atoms with Crippen molar-refractivity contribution in [3.05, 3.63) is 78.4 Å². The van der Waals surface area contributed by atoms with Crippen molar-refractivity contribution in [2.45, 2.75) is 25.9 Å². The molecule has 1 unspecified atom stereocenters. The largest absolute Gasteiger partial charge is 0.484 e. The first-order valence-electron chi connectivity index (χ1n) is 11.9. The Morgan fingerprint density at radius 3 is 2.42 bits per heavy atom. The van der Waals surface area contributed by atoms with Crippen molar-refractivity contribution in [1.29, 1.82) is 0 Å². The predicted molar refractivity (Wildman–Crippen MR) is 134 cm³/mol. The molecule has 0 spiro atoms. The van der Waals surface area contributed by atoms with E-state index >= 15 is 0 Å². The Labute approximate surface area is 218 Å². The quantitative estimate of drug-likeness (QED) is 0.255. The van der Waals surface area contributed by atoms with Gasteiger partial charge >= 0.3 is 5.97 Å². The molecule has 0 aliphatic carbocycles. The van der Waals surface area contributed by atoms with Crippen LogP contribution in [0.4, 0.5) is 5.69 Å². The van der Waals surface area contributed by atoms with Crippen molar-refractivity contribution in [2.24, 2.45) is 0 Å². The van der Waals surface area contributed by atoms with E-state index < -0.39 is 29.7 Å². The minimum absolute atomic E-state index is 0.0521. The summed E-state index contributed by atoms with van der Waals surface area (Å²) in [6.07, 6.45) is -0.188. The maximum atomic E-state index is 13.5. The number of nitrogens with zero attached hydrogens (tertiary/aromatic N) is 2. The van der Waals surface area contributed by atoms with Crippen molar-refractivity contribution in [3.63, 3.8) is 0 Å². The molecule has 0 N–H and O–H groups in total. The number of hydrogen-bond acceptors (Lipinski definition) is 8. The molecule has 38 heavy (non-hydrogen) atoms. The molecular weight excluding hydrogens is 492 g/mol. The van der Waals surface area contributed by atoms with Gasteiger partial charge < -0.3 is 23.8 Å². The van der Waals surface area contributed by atoms with Gasteiger partial charge in [0.05, 0.1) is 12.1 Å². The SMILES string of the molecule is CC(=O)Oc1ccc(N2C(=O)CC(N(Cc3ccc4c(c3)OCO4)C(=O)COc3ccccc3)C2=O)cc1. The summed E-state index contributed by atoms with van der Waals surface area (Å²) >= 11 is 0. The van der Waals surface area contributed by atoms with Gasteiger partial charge in [0, 0.05) is 13.5 Å². The molecule has 3 aromatic carbocycles. The molecule has 0 bridgehead atoms. The Balaban J connectivity index is 1.38. The molecule has 0 radical (unpaired) electrons. The molecule has 2 aliphatic rings. The second-order valence-electron chi connectivity index (χ2n) is 8.69. The van der Waals surface area contributed by atoms with Crippen LogP contribution in [0.2, 0.25) is 0 Å².